The number of carbonyl (C=O) groups is 1. The Morgan fingerprint density at radius 3 is 1.72 bits per heavy atom. The van der Waals surface area contributed by atoms with E-state index in [9.17, 15) is 18.7 Å². The maximum Gasteiger partial charge on any atom is 0.404 e. The van der Waals surface area contributed by atoms with E-state index in [1.54, 1.807) is 24.3 Å². The Bertz CT molecular complexity index is 909. The molecule has 0 aliphatic heterocycles. The molecule has 1 amide bonds. The number of nitrogens with one attached hydrogen (secondary N) is 1. The van der Waals surface area contributed by atoms with E-state index in [1.165, 1.54) is 24.3 Å². The van der Waals surface area contributed by atoms with Gasteiger partial charge in [-0.25, -0.2) is 13.6 Å². The van der Waals surface area contributed by atoms with Crippen molar-refractivity contribution >= 4 is 6.09 Å². The average molecular weight is 397 g/mol. The van der Waals surface area contributed by atoms with Crippen molar-refractivity contribution in [3.63, 3.8) is 0 Å². The Morgan fingerprint density at radius 2 is 1.31 bits per heavy atom. The van der Waals surface area contributed by atoms with Gasteiger partial charge in [-0.3, -0.25) is 0 Å². The third-order valence-electron chi connectivity index (χ3n) is 4.68. The lowest BCUT2D eigenvalue weighted by molar-refractivity contribution is 0.175. The van der Waals surface area contributed by atoms with Crippen LogP contribution in [-0.2, 0) is 6.42 Å². The molecule has 3 aromatic rings. The number of hydrogen-bond acceptors (Lipinski definition) is 2. The van der Waals surface area contributed by atoms with Gasteiger partial charge < -0.3 is 15.5 Å². The van der Waals surface area contributed by atoms with Gasteiger partial charge in [-0.1, -0.05) is 36.4 Å². The van der Waals surface area contributed by atoms with Gasteiger partial charge in [-0.15, -0.1) is 0 Å². The molecule has 0 radical (unpaired) electrons. The fourth-order valence-corrected chi connectivity index (χ4v) is 3.18. The predicted octanol–water partition coefficient (Wildman–Crippen LogP) is 4.86. The molecular weight excluding hydrogens is 376 g/mol. The van der Waals surface area contributed by atoms with Gasteiger partial charge in [0.05, 0.1) is 12.6 Å². The van der Waals surface area contributed by atoms with E-state index in [0.717, 1.165) is 27.8 Å². The van der Waals surface area contributed by atoms with Crippen molar-refractivity contribution in [2.45, 2.75) is 18.9 Å². The van der Waals surface area contributed by atoms with Crippen LogP contribution in [0.2, 0.25) is 0 Å². The summed E-state index contributed by atoms with van der Waals surface area (Å²) in [6.07, 6.45) is -0.246. The first kappa shape index (κ1) is 20.5. The highest BCUT2D eigenvalue weighted by atomic mass is 19.1. The Balaban J connectivity index is 1.94. The van der Waals surface area contributed by atoms with Gasteiger partial charge in [0, 0.05) is 0 Å². The second kappa shape index (κ2) is 9.30. The van der Waals surface area contributed by atoms with Crippen LogP contribution in [-0.4, -0.2) is 29.0 Å². The van der Waals surface area contributed by atoms with Gasteiger partial charge in [-0.2, -0.15) is 0 Å². The van der Waals surface area contributed by atoms with Gasteiger partial charge in [0.2, 0.25) is 0 Å². The van der Waals surface area contributed by atoms with Gasteiger partial charge in [0.15, 0.2) is 0 Å². The Kier molecular flexibility index (Phi) is 6.57. The zero-order valence-electron chi connectivity index (χ0n) is 15.6. The maximum absolute atomic E-state index is 13.3. The summed E-state index contributed by atoms with van der Waals surface area (Å²) in [6.45, 7) is -0.297. The summed E-state index contributed by atoms with van der Waals surface area (Å²) in [5, 5.41) is 20.5. The van der Waals surface area contributed by atoms with Crippen LogP contribution in [0.15, 0.2) is 66.7 Å². The second-order valence-electron chi connectivity index (χ2n) is 6.80. The number of aryl methyl sites for hydroxylation is 1. The minimum Gasteiger partial charge on any atom is -0.465 e. The quantitative estimate of drug-likeness (QED) is 0.533. The molecule has 0 saturated heterocycles. The Hall–Kier alpha value is -3.25. The van der Waals surface area contributed by atoms with E-state index in [0.29, 0.717) is 12.8 Å². The Morgan fingerprint density at radius 1 is 0.828 bits per heavy atom. The molecule has 3 aromatic carbocycles. The normalized spacial score (nSPS) is 11.8. The highest BCUT2D eigenvalue weighted by Gasteiger charge is 2.12. The lowest BCUT2D eigenvalue weighted by atomic mass is 9.94. The van der Waals surface area contributed by atoms with Gasteiger partial charge in [0.25, 0.3) is 0 Å². The first-order valence-corrected chi connectivity index (χ1v) is 9.21. The van der Waals surface area contributed by atoms with E-state index in [4.69, 9.17) is 5.11 Å². The summed E-state index contributed by atoms with van der Waals surface area (Å²) in [7, 11) is 0. The minimum absolute atomic E-state index is 0.297. The number of rotatable bonds is 7. The van der Waals surface area contributed by atoms with E-state index in [1.807, 2.05) is 18.2 Å². The average Bonchev–Trinajstić information content (AvgIpc) is 2.71. The number of benzene rings is 3. The molecular formula is C23H21F2NO3. The number of amides is 1. The van der Waals surface area contributed by atoms with Crippen LogP contribution in [0.4, 0.5) is 13.6 Å². The monoisotopic (exact) mass is 397 g/mol. The molecule has 29 heavy (non-hydrogen) atoms. The summed E-state index contributed by atoms with van der Waals surface area (Å²) < 4.78 is 26.6. The number of aliphatic hydroxyl groups is 1. The van der Waals surface area contributed by atoms with Crippen LogP contribution < -0.4 is 5.32 Å². The standard InChI is InChI=1S/C23H21F2NO3/c24-20-6-2-16(3-7-20)18-11-15(1-10-22(14-27)26-23(28)29)12-19(13-18)17-4-8-21(25)9-5-17/h2-9,11-13,22,26-27H,1,10,14H2,(H,28,29)/t22-/m1/s1. The summed E-state index contributed by atoms with van der Waals surface area (Å²) in [6, 6.07) is 17.6. The van der Waals surface area contributed by atoms with Gasteiger partial charge in [-0.05, 0) is 71.0 Å². The van der Waals surface area contributed by atoms with Gasteiger partial charge in [0.1, 0.15) is 11.6 Å². The first-order valence-electron chi connectivity index (χ1n) is 9.21. The van der Waals surface area contributed by atoms with Crippen LogP contribution in [0.5, 0.6) is 0 Å². The summed E-state index contributed by atoms with van der Waals surface area (Å²) in [4.78, 5) is 10.8. The second-order valence-corrected chi connectivity index (χ2v) is 6.80. The third kappa shape index (κ3) is 5.62. The topological polar surface area (TPSA) is 69.6 Å². The smallest absolute Gasteiger partial charge is 0.404 e. The van der Waals surface area contributed by atoms with Crippen molar-refractivity contribution in [1.29, 1.82) is 0 Å². The zero-order valence-corrected chi connectivity index (χ0v) is 15.6. The van der Waals surface area contributed by atoms with Crippen molar-refractivity contribution in [3.05, 3.63) is 83.9 Å². The van der Waals surface area contributed by atoms with Crippen LogP contribution in [0, 0.1) is 11.6 Å². The first-order chi connectivity index (χ1) is 13.9. The molecule has 0 spiro atoms. The van der Waals surface area contributed by atoms with Crippen molar-refractivity contribution in [2.75, 3.05) is 6.61 Å². The molecule has 0 unspecified atom stereocenters. The molecule has 0 aliphatic rings. The number of carboxylic acid groups (broad SMARTS) is 1. The van der Waals surface area contributed by atoms with Crippen molar-refractivity contribution in [1.82, 2.24) is 5.32 Å². The molecule has 1 atom stereocenters. The fourth-order valence-electron chi connectivity index (χ4n) is 3.18. The van der Waals surface area contributed by atoms with Crippen molar-refractivity contribution in [2.24, 2.45) is 0 Å². The summed E-state index contributed by atoms with van der Waals surface area (Å²) in [5.74, 6) is -0.650. The summed E-state index contributed by atoms with van der Waals surface area (Å²) in [5.41, 5.74) is 4.33. The molecule has 3 rings (SSSR count). The fraction of sp³-hybridized carbons (Fsp3) is 0.174. The summed E-state index contributed by atoms with van der Waals surface area (Å²) >= 11 is 0. The zero-order chi connectivity index (χ0) is 20.8. The highest BCUT2D eigenvalue weighted by molar-refractivity contribution is 5.74. The number of halogens is 2. The van der Waals surface area contributed by atoms with Crippen LogP contribution in [0.1, 0.15) is 12.0 Å². The van der Waals surface area contributed by atoms with Crippen LogP contribution in [0.25, 0.3) is 22.3 Å². The molecule has 0 saturated carbocycles. The molecule has 0 aliphatic carbocycles. The maximum atomic E-state index is 13.3. The lowest BCUT2D eigenvalue weighted by Crippen LogP contribution is -2.36. The SMILES string of the molecule is O=C(O)N[C@@H](CO)CCc1cc(-c2ccc(F)cc2)cc(-c2ccc(F)cc2)c1. The van der Waals surface area contributed by atoms with Crippen LogP contribution >= 0.6 is 0 Å². The molecule has 0 aromatic heterocycles. The molecule has 150 valence electrons. The number of aliphatic hydroxyl groups excluding tert-OH is 1. The van der Waals surface area contributed by atoms with E-state index in [2.05, 4.69) is 5.32 Å². The lowest BCUT2D eigenvalue weighted by Gasteiger charge is -2.15. The van der Waals surface area contributed by atoms with Gasteiger partial charge >= 0.3 is 6.09 Å². The minimum atomic E-state index is -1.18. The molecule has 0 bridgehead atoms. The molecule has 0 heterocycles. The van der Waals surface area contributed by atoms with Crippen molar-refractivity contribution < 1.29 is 23.8 Å². The van der Waals surface area contributed by atoms with E-state index in [-0.39, 0.29) is 18.2 Å². The van der Waals surface area contributed by atoms with Crippen LogP contribution in [0.3, 0.4) is 0 Å². The highest BCUT2D eigenvalue weighted by Crippen LogP contribution is 2.29. The third-order valence-corrected chi connectivity index (χ3v) is 4.68. The molecule has 6 heteroatoms. The molecule has 3 N–H and O–H groups in total. The van der Waals surface area contributed by atoms with E-state index >= 15 is 0 Å². The Labute approximate surface area is 167 Å². The van der Waals surface area contributed by atoms with E-state index < -0.39 is 12.1 Å². The molecule has 4 nitrogen and oxygen atoms in total. The number of hydrogen-bond donors (Lipinski definition) is 3. The van der Waals surface area contributed by atoms with Crippen molar-refractivity contribution in [3.8, 4) is 22.3 Å². The molecule has 0 fully saturated rings. The predicted molar refractivity (Wildman–Crippen MR) is 108 cm³/mol. The largest absolute Gasteiger partial charge is 0.465 e.